The molecule has 4 rings (SSSR count). The van der Waals surface area contributed by atoms with E-state index in [-0.39, 0.29) is 18.1 Å². The van der Waals surface area contributed by atoms with Crippen molar-refractivity contribution in [3.05, 3.63) is 95.9 Å². The number of carbonyl (C=O) groups excluding carboxylic acids is 3. The Hall–Kier alpha value is -5.19. The first-order chi connectivity index (χ1) is 20.7. The summed E-state index contributed by atoms with van der Waals surface area (Å²) in [5, 5.41) is 19.9. The summed E-state index contributed by atoms with van der Waals surface area (Å²) >= 11 is 0. The van der Waals surface area contributed by atoms with Crippen LogP contribution in [0.4, 0.5) is 10.6 Å². The standard InChI is InChI=1S/C33H37N5O6/c1-32(2,3)44-31(43)38-33(4,5)30(42)35-24(18-20-15-16-21-11-9-10-14-23(21)17-20)28(39)37-25-19-34-27(36-25)26(29(40)41)22-12-7-6-8-13-22/h6-17,19,24,26H,18H2,1-5H3,(H,34,36)(H,35,42)(H,37,39)(H,38,43)(H,40,41)/t24-,26?/m1/s1. The maximum absolute atomic E-state index is 13.6. The van der Waals surface area contributed by atoms with Crippen molar-refractivity contribution in [2.75, 3.05) is 5.32 Å². The fourth-order valence-corrected chi connectivity index (χ4v) is 4.59. The van der Waals surface area contributed by atoms with Crippen LogP contribution in [0, 0.1) is 0 Å². The van der Waals surface area contributed by atoms with Crippen LogP contribution in [0.2, 0.25) is 0 Å². The van der Waals surface area contributed by atoms with E-state index in [1.807, 2.05) is 42.5 Å². The second kappa shape index (κ2) is 13.0. The molecule has 11 heteroatoms. The third kappa shape index (κ3) is 8.21. The summed E-state index contributed by atoms with van der Waals surface area (Å²) in [5.74, 6) is -3.06. The Morgan fingerprint density at radius 3 is 2.23 bits per heavy atom. The number of fused-ring (bicyclic) bond motifs is 1. The lowest BCUT2D eigenvalue weighted by Gasteiger charge is -2.29. The summed E-state index contributed by atoms with van der Waals surface area (Å²) in [4.78, 5) is 58.6. The Kier molecular flexibility index (Phi) is 9.37. The summed E-state index contributed by atoms with van der Waals surface area (Å²) in [7, 11) is 0. The number of imidazole rings is 1. The van der Waals surface area contributed by atoms with Crippen LogP contribution in [0.15, 0.2) is 79.0 Å². The highest BCUT2D eigenvalue weighted by Crippen LogP contribution is 2.24. The topological polar surface area (TPSA) is 163 Å². The Balaban J connectivity index is 1.56. The lowest BCUT2D eigenvalue weighted by molar-refractivity contribution is -0.137. The van der Waals surface area contributed by atoms with Crippen molar-refractivity contribution < 1.29 is 29.0 Å². The maximum atomic E-state index is 13.6. The minimum absolute atomic E-state index is 0.133. The van der Waals surface area contributed by atoms with E-state index in [0.717, 1.165) is 16.3 Å². The van der Waals surface area contributed by atoms with Crippen LogP contribution < -0.4 is 16.0 Å². The predicted molar refractivity (Wildman–Crippen MR) is 166 cm³/mol. The van der Waals surface area contributed by atoms with Crippen LogP contribution in [-0.2, 0) is 25.5 Å². The van der Waals surface area contributed by atoms with Gasteiger partial charge in [0.25, 0.3) is 0 Å². The average Bonchev–Trinajstić information content (AvgIpc) is 3.39. The van der Waals surface area contributed by atoms with Gasteiger partial charge in [0.15, 0.2) is 0 Å². The van der Waals surface area contributed by atoms with Gasteiger partial charge in [0.1, 0.15) is 34.7 Å². The molecule has 0 aliphatic carbocycles. The van der Waals surface area contributed by atoms with Crippen LogP contribution in [0.25, 0.3) is 10.8 Å². The van der Waals surface area contributed by atoms with Gasteiger partial charge in [-0.1, -0.05) is 72.8 Å². The summed E-state index contributed by atoms with van der Waals surface area (Å²) in [6, 6.07) is 21.1. The van der Waals surface area contributed by atoms with Gasteiger partial charge in [-0.2, -0.15) is 0 Å². The van der Waals surface area contributed by atoms with Crippen molar-refractivity contribution in [2.45, 2.75) is 64.1 Å². The number of hydrogen-bond donors (Lipinski definition) is 5. The predicted octanol–water partition coefficient (Wildman–Crippen LogP) is 4.75. The number of rotatable bonds is 10. The second-order valence-electron chi connectivity index (χ2n) is 12.0. The van der Waals surface area contributed by atoms with Crippen molar-refractivity contribution in [2.24, 2.45) is 0 Å². The quantitative estimate of drug-likeness (QED) is 0.176. The Morgan fingerprint density at radius 1 is 0.909 bits per heavy atom. The van der Waals surface area contributed by atoms with Crippen LogP contribution in [0.1, 0.15) is 57.5 Å². The van der Waals surface area contributed by atoms with Crippen molar-refractivity contribution in [1.29, 1.82) is 0 Å². The number of H-pyrrole nitrogens is 1. The number of benzene rings is 3. The van der Waals surface area contributed by atoms with E-state index in [4.69, 9.17) is 4.74 Å². The average molecular weight is 600 g/mol. The number of carbonyl (C=O) groups is 4. The third-order valence-corrected chi connectivity index (χ3v) is 6.76. The summed E-state index contributed by atoms with van der Waals surface area (Å²) in [6.07, 6.45) is 0.687. The highest BCUT2D eigenvalue weighted by Gasteiger charge is 2.35. The van der Waals surface area contributed by atoms with Crippen LogP contribution in [0.5, 0.6) is 0 Å². The van der Waals surface area contributed by atoms with Gasteiger partial charge in [-0.15, -0.1) is 0 Å². The monoisotopic (exact) mass is 599 g/mol. The molecule has 0 aliphatic heterocycles. The molecule has 2 atom stereocenters. The molecular weight excluding hydrogens is 562 g/mol. The molecule has 0 aliphatic rings. The van der Waals surface area contributed by atoms with E-state index in [1.54, 1.807) is 51.1 Å². The lowest BCUT2D eigenvalue weighted by atomic mass is 9.99. The summed E-state index contributed by atoms with van der Waals surface area (Å²) < 4.78 is 5.30. The van der Waals surface area contributed by atoms with Crippen LogP contribution >= 0.6 is 0 Å². The zero-order chi connectivity index (χ0) is 32.1. The number of nitrogens with zero attached hydrogens (tertiary/aromatic N) is 1. The summed E-state index contributed by atoms with van der Waals surface area (Å²) in [6.45, 7) is 8.15. The first-order valence-electron chi connectivity index (χ1n) is 14.2. The number of carboxylic acids is 1. The molecule has 11 nitrogen and oxygen atoms in total. The number of ether oxygens (including phenoxy) is 1. The van der Waals surface area contributed by atoms with E-state index in [1.165, 1.54) is 20.0 Å². The van der Waals surface area contributed by atoms with Gasteiger partial charge in [-0.3, -0.25) is 14.4 Å². The molecule has 230 valence electrons. The molecule has 3 aromatic carbocycles. The van der Waals surface area contributed by atoms with Crippen molar-refractivity contribution >= 4 is 40.5 Å². The molecule has 3 amide bonds. The Morgan fingerprint density at radius 2 is 1.57 bits per heavy atom. The number of amides is 3. The van der Waals surface area contributed by atoms with E-state index >= 15 is 0 Å². The smallest absolute Gasteiger partial charge is 0.408 e. The van der Waals surface area contributed by atoms with Crippen molar-refractivity contribution in [3.63, 3.8) is 0 Å². The SMILES string of the molecule is CC(C)(C)OC(=O)NC(C)(C)C(=O)N[C@H](Cc1ccc2ccccc2c1)C(=O)Nc1cnc(C(C(=O)O)c2ccccc2)[nH]1. The Labute approximate surface area is 255 Å². The minimum atomic E-state index is -1.42. The molecule has 1 aromatic heterocycles. The molecule has 0 fully saturated rings. The second-order valence-corrected chi connectivity index (χ2v) is 12.0. The van der Waals surface area contributed by atoms with Gasteiger partial charge in [-0.05, 0) is 56.5 Å². The number of aromatic nitrogens is 2. The Bertz CT molecular complexity index is 1660. The van der Waals surface area contributed by atoms with Crippen LogP contribution in [-0.4, -0.2) is 56.1 Å². The molecule has 0 spiro atoms. The van der Waals surface area contributed by atoms with E-state index in [9.17, 15) is 24.3 Å². The fraction of sp³-hybridized carbons (Fsp3) is 0.303. The van der Waals surface area contributed by atoms with Gasteiger partial charge in [-0.25, -0.2) is 9.78 Å². The third-order valence-electron chi connectivity index (χ3n) is 6.76. The van der Waals surface area contributed by atoms with Gasteiger partial charge >= 0.3 is 12.1 Å². The molecular formula is C33H37N5O6. The molecule has 4 aromatic rings. The number of anilines is 1. The molecule has 1 unspecified atom stereocenters. The zero-order valence-corrected chi connectivity index (χ0v) is 25.3. The van der Waals surface area contributed by atoms with E-state index in [2.05, 4.69) is 25.9 Å². The van der Waals surface area contributed by atoms with E-state index < -0.39 is 47.0 Å². The first kappa shape index (κ1) is 31.7. The van der Waals surface area contributed by atoms with Gasteiger partial charge in [0.2, 0.25) is 11.8 Å². The van der Waals surface area contributed by atoms with Gasteiger partial charge in [0, 0.05) is 6.42 Å². The largest absolute Gasteiger partial charge is 0.480 e. The van der Waals surface area contributed by atoms with Gasteiger partial charge < -0.3 is 30.8 Å². The maximum Gasteiger partial charge on any atom is 0.408 e. The lowest BCUT2D eigenvalue weighted by Crippen LogP contribution is -2.59. The van der Waals surface area contributed by atoms with Crippen molar-refractivity contribution in [3.8, 4) is 0 Å². The molecule has 0 saturated heterocycles. The molecule has 44 heavy (non-hydrogen) atoms. The summed E-state index contributed by atoms with van der Waals surface area (Å²) in [5.41, 5.74) is -0.871. The number of hydrogen-bond acceptors (Lipinski definition) is 6. The zero-order valence-electron chi connectivity index (χ0n) is 25.3. The molecule has 1 heterocycles. The normalized spacial score (nSPS) is 13.0. The molecule has 0 radical (unpaired) electrons. The number of nitrogens with one attached hydrogen (secondary N) is 4. The molecule has 0 saturated carbocycles. The fourth-order valence-electron chi connectivity index (χ4n) is 4.59. The van der Waals surface area contributed by atoms with Crippen molar-refractivity contribution in [1.82, 2.24) is 20.6 Å². The number of carboxylic acid groups (broad SMARTS) is 1. The first-order valence-corrected chi connectivity index (χ1v) is 14.2. The van der Waals surface area contributed by atoms with E-state index in [0.29, 0.717) is 5.56 Å². The van der Waals surface area contributed by atoms with Gasteiger partial charge in [0.05, 0.1) is 6.20 Å². The molecule has 5 N–H and O–H groups in total. The number of alkyl carbamates (subject to hydrolysis) is 1. The number of aliphatic carboxylic acids is 1. The number of aromatic amines is 1. The minimum Gasteiger partial charge on any atom is -0.480 e. The highest BCUT2D eigenvalue weighted by atomic mass is 16.6. The highest BCUT2D eigenvalue weighted by molar-refractivity contribution is 5.99. The van der Waals surface area contributed by atoms with Crippen LogP contribution in [0.3, 0.4) is 0 Å². The molecule has 0 bridgehead atoms.